The molecule has 0 amide bonds. The molecule has 12 heteroatoms. The predicted octanol–water partition coefficient (Wildman–Crippen LogP) is 44.9. The van der Waals surface area contributed by atoms with Crippen LogP contribution in [0.2, 0.25) is 0 Å². The molecule has 8 bridgehead atoms. The zero-order valence-corrected chi connectivity index (χ0v) is 94.9. The van der Waals surface area contributed by atoms with Crippen molar-refractivity contribution in [2.75, 3.05) is 19.6 Å². The van der Waals surface area contributed by atoms with Gasteiger partial charge in [-0.2, -0.15) is 0 Å². The van der Waals surface area contributed by atoms with Crippen molar-refractivity contribution >= 4 is 239 Å². The molecule has 0 N–H and O–H groups in total. The summed E-state index contributed by atoms with van der Waals surface area (Å²) in [5.41, 5.74) is 38.8. The zero-order chi connectivity index (χ0) is 99.9. The lowest BCUT2D eigenvalue weighted by Crippen LogP contribution is -2.21. The molecule has 4 nitrogen and oxygen atoms in total. The maximum atomic E-state index is 3.61. The monoisotopic (exact) mass is 2430 g/mol. The highest BCUT2D eigenvalue weighted by molar-refractivity contribution is 9.11. The van der Waals surface area contributed by atoms with Crippen molar-refractivity contribution in [3.8, 4) is 44.5 Å². The van der Waals surface area contributed by atoms with Crippen LogP contribution in [-0.2, 0) is 0 Å². The van der Waals surface area contributed by atoms with Crippen LogP contribution in [0.3, 0.4) is 0 Å². The van der Waals surface area contributed by atoms with Crippen molar-refractivity contribution in [1.29, 1.82) is 0 Å². The molecule has 6 unspecified atom stereocenters. The summed E-state index contributed by atoms with van der Waals surface area (Å²) in [5, 5.41) is 10.2. The lowest BCUT2D eigenvalue weighted by Gasteiger charge is -2.38. The van der Waals surface area contributed by atoms with E-state index in [9.17, 15) is 0 Å². The minimum absolute atomic E-state index is 0.736. The van der Waals surface area contributed by atoms with Crippen LogP contribution in [-0.4, -0.2) is 0 Å². The predicted molar refractivity (Wildman–Crippen MR) is 654 cm³/mol. The summed E-state index contributed by atoms with van der Waals surface area (Å²) in [6.07, 6.45) is 20.4. The molecule has 148 heavy (non-hydrogen) atoms. The summed E-state index contributed by atoms with van der Waals surface area (Å²) in [4.78, 5) is 9.43. The minimum Gasteiger partial charge on any atom is -0.310 e. The maximum Gasteiger partial charge on any atom is 0.0540 e. The second-order valence-corrected chi connectivity index (χ2v) is 48.9. The largest absolute Gasteiger partial charge is 0.310 e. The standard InChI is InChI=1S/C35H29Br2N.2C34H27Br2N.C33H25Br2N/c36-26-11-15-28(16-12-26)38(29-17-13-27(37)14-18-29)35-21-20-31(32-6-1-2-7-33(32)35)25-10-19-30-23-4-3-5-24(9-8-23)34(30)22-25;1-21-18-24(20-32-22-6-7-23(19-22)34(21)32)29-16-17-33(31-5-3-2-4-30(29)31)37(27-12-8-25(35)9-13-27)28-14-10-26(36)11-15-28;35-25-10-14-27(15-11-25)37(28-16-12-26(36)13-17-28)34-20-19-30(31-3-1-2-4-32(31)34)24-9-18-29-22-5-7-23(8-6-22)33(29)21-24;34-24-8-12-26(13-9-24)36(27-14-10-25(35)11-15-27)33-18-17-28(30-3-1-2-4-31(30)33)23-7-16-29-21-5-6-22(19-21)32(29)20-23/h1-2,6-7,10-24H,3-5,8-9H2;2-5,8-18,20,22-23H,6-7,19H2,1H3;1-4,9-23H,5-8H2;1-4,7-18,20-22H,5-6,19H2. The van der Waals surface area contributed by atoms with Crippen LogP contribution in [0, 0.1) is 6.92 Å². The average molecular weight is 2440 g/mol. The van der Waals surface area contributed by atoms with E-state index in [1.807, 2.05) is 0 Å². The highest BCUT2D eigenvalue weighted by Crippen LogP contribution is 2.60. The van der Waals surface area contributed by atoms with E-state index in [1.54, 1.807) is 44.5 Å². The van der Waals surface area contributed by atoms with E-state index in [0.717, 1.165) is 129 Å². The molecule has 0 spiro atoms. The van der Waals surface area contributed by atoms with Crippen molar-refractivity contribution in [3.63, 3.8) is 0 Å². The number of fused-ring (bicyclic) bond motifs is 19. The maximum absolute atomic E-state index is 3.61. The van der Waals surface area contributed by atoms with Crippen molar-refractivity contribution in [2.45, 2.75) is 151 Å². The Kier molecular flexibility index (Phi) is 27.6. The Morgan fingerprint density at radius 2 is 0.385 bits per heavy atom. The Hall–Kier alpha value is -11.5. The van der Waals surface area contributed by atoms with E-state index >= 15 is 0 Å². The number of benzene rings is 20. The first-order valence-electron chi connectivity index (χ1n) is 52.4. The smallest absolute Gasteiger partial charge is 0.0540 e. The van der Waals surface area contributed by atoms with Gasteiger partial charge >= 0.3 is 0 Å². The highest BCUT2D eigenvalue weighted by Gasteiger charge is 2.41. The van der Waals surface area contributed by atoms with Crippen LogP contribution in [0.5, 0.6) is 0 Å². The van der Waals surface area contributed by atoms with E-state index in [4.69, 9.17) is 0 Å². The number of rotatable bonds is 16. The first-order chi connectivity index (χ1) is 72.5. The van der Waals surface area contributed by atoms with Gasteiger partial charge in [0.2, 0.25) is 0 Å². The third-order valence-electron chi connectivity index (χ3n) is 33.2. The molecule has 0 saturated heterocycles. The third-order valence-corrected chi connectivity index (χ3v) is 37.4. The van der Waals surface area contributed by atoms with Gasteiger partial charge < -0.3 is 19.6 Å². The molecule has 10 aliphatic carbocycles. The Morgan fingerprint density at radius 3 is 0.682 bits per heavy atom. The van der Waals surface area contributed by atoms with Crippen LogP contribution in [0.25, 0.3) is 87.6 Å². The summed E-state index contributed by atoms with van der Waals surface area (Å²) in [6.45, 7) is 2.32. The molecule has 728 valence electrons. The zero-order valence-electron chi connectivity index (χ0n) is 82.2. The van der Waals surface area contributed by atoms with E-state index in [2.05, 4.69) is 560 Å². The lowest BCUT2D eigenvalue weighted by molar-refractivity contribution is 0.359. The fraction of sp³-hybridized carbons (Fsp3) is 0.176. The molecule has 0 aromatic heterocycles. The van der Waals surface area contributed by atoms with Gasteiger partial charge in [0.05, 0.1) is 22.7 Å². The van der Waals surface area contributed by atoms with E-state index in [1.165, 1.54) is 212 Å². The van der Waals surface area contributed by atoms with E-state index in [-0.39, 0.29) is 0 Å². The minimum atomic E-state index is 0.736. The summed E-state index contributed by atoms with van der Waals surface area (Å²) < 4.78 is 8.62. The molecule has 0 heterocycles. The molecule has 4 fully saturated rings. The number of hydrogen-bond acceptors (Lipinski definition) is 4. The van der Waals surface area contributed by atoms with Gasteiger partial charge in [0, 0.05) is 103 Å². The van der Waals surface area contributed by atoms with Gasteiger partial charge in [-0.1, -0.05) is 322 Å². The Bertz CT molecular complexity index is 8230. The molecule has 20 aromatic rings. The number of anilines is 12. The van der Waals surface area contributed by atoms with Gasteiger partial charge in [-0.15, -0.1) is 0 Å². The van der Waals surface area contributed by atoms with E-state index in [0.29, 0.717) is 0 Å². The average Bonchev–Trinajstić information content (AvgIpc) is 1.51. The lowest BCUT2D eigenvalue weighted by atomic mass is 9.66. The molecule has 10 aliphatic rings. The highest BCUT2D eigenvalue weighted by atomic mass is 79.9. The molecule has 6 atom stereocenters. The Balaban J connectivity index is 0.000000103. The third kappa shape index (κ3) is 19.1. The Morgan fingerprint density at radius 1 is 0.176 bits per heavy atom. The van der Waals surface area contributed by atoms with Crippen LogP contribution >= 0.6 is 127 Å². The van der Waals surface area contributed by atoms with Crippen molar-refractivity contribution in [2.24, 2.45) is 0 Å². The number of aryl methyl sites for hydroxylation is 1. The van der Waals surface area contributed by atoms with Gasteiger partial charge in [0.25, 0.3) is 0 Å². The molecule has 30 rings (SSSR count). The van der Waals surface area contributed by atoms with Gasteiger partial charge in [-0.3, -0.25) is 0 Å². The fourth-order valence-corrected chi connectivity index (χ4v) is 28.5. The van der Waals surface area contributed by atoms with Crippen molar-refractivity contribution < 1.29 is 0 Å². The summed E-state index contributed by atoms with van der Waals surface area (Å²) >= 11 is 28.8. The SMILES string of the molecule is Brc1ccc(N(c2ccc(Br)cc2)c2ccc(-c3ccc4c(c3)C3CCC4C3)c3ccccc23)cc1.Brc1ccc(N(c2ccc(Br)cc2)c2ccc(-c3ccc4c(c3)C3CCC4CC3)c3ccccc23)cc1.Brc1ccc(N(c2ccc(Br)cc2)c2ccc(-c3ccc4c(c3)C3CCCC4CC3)c3ccccc23)cc1.Cc1cc(-c2ccc(N(c3ccc(Br)cc3)c3ccc(Br)cc3)c3ccccc23)cc2c1C1CCC2C1. The summed E-state index contributed by atoms with van der Waals surface area (Å²) in [6, 6.07) is 149. The first-order valence-corrected chi connectivity index (χ1v) is 58.8. The summed E-state index contributed by atoms with van der Waals surface area (Å²) in [5.74, 6) is 6.13. The quantitative estimate of drug-likeness (QED) is 0.0956. The second kappa shape index (κ2) is 42.0. The molecular formula is C136H108Br8N4. The van der Waals surface area contributed by atoms with Crippen molar-refractivity contribution in [1.82, 2.24) is 0 Å². The van der Waals surface area contributed by atoms with Gasteiger partial charge in [-0.25, -0.2) is 0 Å². The molecular weight excluding hydrogens is 2330 g/mol. The molecule has 0 radical (unpaired) electrons. The van der Waals surface area contributed by atoms with Gasteiger partial charge in [0.15, 0.2) is 0 Å². The first kappa shape index (κ1) is 97.3. The molecule has 4 saturated carbocycles. The molecule has 0 aliphatic heterocycles. The van der Waals surface area contributed by atoms with Crippen LogP contribution < -0.4 is 19.6 Å². The van der Waals surface area contributed by atoms with Crippen LogP contribution in [0.15, 0.2) is 442 Å². The fourth-order valence-electron chi connectivity index (χ4n) is 26.3. The van der Waals surface area contributed by atoms with Gasteiger partial charge in [0.1, 0.15) is 0 Å². The Labute approximate surface area is 936 Å². The number of hydrogen-bond donors (Lipinski definition) is 0. The molecule has 20 aromatic carbocycles. The second-order valence-electron chi connectivity index (χ2n) is 41.6. The topological polar surface area (TPSA) is 13.0 Å². The van der Waals surface area contributed by atoms with Crippen LogP contribution in [0.4, 0.5) is 68.2 Å². The van der Waals surface area contributed by atoms with Crippen molar-refractivity contribution in [3.05, 3.63) is 492 Å². The van der Waals surface area contributed by atoms with Gasteiger partial charge in [-0.05, 0) is 479 Å². The van der Waals surface area contributed by atoms with Crippen LogP contribution in [0.1, 0.15) is 194 Å². The van der Waals surface area contributed by atoms with E-state index < -0.39 is 0 Å². The summed E-state index contributed by atoms with van der Waals surface area (Å²) in [7, 11) is 0. The number of nitrogens with zero attached hydrogens (tertiary/aromatic N) is 4. The normalized spacial score (nSPS) is 18.0. The number of halogens is 8.